The van der Waals surface area contributed by atoms with Crippen LogP contribution in [0.2, 0.25) is 0 Å². The Bertz CT molecular complexity index is 2850. The number of anilines is 3. The van der Waals surface area contributed by atoms with Crippen molar-refractivity contribution < 1.29 is 37.1 Å². The molecule has 6 aliphatic heterocycles. The first-order valence-corrected chi connectivity index (χ1v) is 23.8. The van der Waals surface area contributed by atoms with Crippen LogP contribution < -0.4 is 26.0 Å². The van der Waals surface area contributed by atoms with Crippen LogP contribution in [0.25, 0.3) is 11.1 Å². The van der Waals surface area contributed by atoms with Crippen molar-refractivity contribution in [1.29, 1.82) is 0 Å². The zero-order valence-electron chi connectivity index (χ0n) is 37.1. The molecule has 68 heavy (non-hydrogen) atoms. The average molecular weight is 948 g/mol. The van der Waals surface area contributed by atoms with Gasteiger partial charge in [0.1, 0.15) is 12.0 Å². The minimum absolute atomic E-state index is 0.0952. The molecule has 0 aliphatic carbocycles. The Balaban J connectivity index is 0.719. The van der Waals surface area contributed by atoms with E-state index in [2.05, 4.69) is 30.9 Å². The van der Waals surface area contributed by atoms with E-state index in [0.29, 0.717) is 65.6 Å². The second-order valence-electron chi connectivity index (χ2n) is 18.4. The van der Waals surface area contributed by atoms with E-state index in [9.17, 15) is 24.0 Å². The van der Waals surface area contributed by atoms with Gasteiger partial charge in [-0.2, -0.15) is 0 Å². The maximum absolute atomic E-state index is 16.0. The predicted molar refractivity (Wildman–Crippen MR) is 245 cm³/mol. The molecule has 3 fully saturated rings. The number of aryl methyl sites for hydroxylation is 1. The largest absolute Gasteiger partial charge is 0.371 e. The molecule has 0 saturated carbocycles. The van der Waals surface area contributed by atoms with Crippen LogP contribution in [-0.4, -0.2) is 105 Å². The molecule has 0 bridgehead atoms. The quantitative estimate of drug-likeness (QED) is 0.155. The Morgan fingerprint density at radius 2 is 1.74 bits per heavy atom. The molecular weight excluding hydrogens is 900 g/mol. The lowest BCUT2D eigenvalue weighted by atomic mass is 9.84. The minimum atomic E-state index is -3.17. The highest BCUT2D eigenvalue weighted by molar-refractivity contribution is 7.13. The molecule has 3 atom stereocenters. The second kappa shape index (κ2) is 17.1. The number of hydrogen-bond acceptors (Lipinski definition) is 11. The number of nitrogens with zero attached hydrogens (tertiary/aromatic N) is 8. The molecule has 3 unspecified atom stereocenters. The highest BCUT2D eigenvalue weighted by Crippen LogP contribution is 2.45. The summed E-state index contributed by atoms with van der Waals surface area (Å²) in [5.74, 6) is -6.74. The molecule has 0 spiro atoms. The number of thiazole rings is 1. The van der Waals surface area contributed by atoms with Crippen molar-refractivity contribution in [2.45, 2.75) is 75.7 Å². The summed E-state index contributed by atoms with van der Waals surface area (Å²) in [4.78, 5) is 81.2. The molecular formula is C48H48F3N11O5S. The van der Waals surface area contributed by atoms with Crippen molar-refractivity contribution in [2.24, 2.45) is 5.92 Å². The lowest BCUT2D eigenvalue weighted by Crippen LogP contribution is -2.53. The van der Waals surface area contributed by atoms with E-state index in [-0.39, 0.29) is 55.4 Å². The highest BCUT2D eigenvalue weighted by atomic mass is 32.1. The maximum atomic E-state index is 16.0. The summed E-state index contributed by atoms with van der Waals surface area (Å²) in [7, 11) is 1.75. The molecule has 20 heteroatoms. The van der Waals surface area contributed by atoms with Gasteiger partial charge in [-0.1, -0.05) is 24.3 Å². The van der Waals surface area contributed by atoms with E-state index < -0.39 is 60.2 Å². The number of benzene rings is 3. The number of urea groups is 1. The van der Waals surface area contributed by atoms with Crippen LogP contribution in [0, 0.1) is 11.7 Å². The number of hydrogen-bond donors (Lipinski definition) is 3. The lowest BCUT2D eigenvalue weighted by Gasteiger charge is -2.41. The molecule has 11 rings (SSSR count). The van der Waals surface area contributed by atoms with Crippen molar-refractivity contribution in [3.8, 4) is 11.1 Å². The minimum Gasteiger partial charge on any atom is -0.371 e. The number of nitrogens with one attached hydrogen (secondary N) is 3. The summed E-state index contributed by atoms with van der Waals surface area (Å²) in [5, 5.41) is 8.98. The molecule has 0 radical (unpaired) electrons. The molecule has 3 aromatic carbocycles. The number of amides is 6. The first-order valence-electron chi connectivity index (χ1n) is 22.9. The summed E-state index contributed by atoms with van der Waals surface area (Å²) in [5.41, 5.74) is 8.95. The molecule has 352 valence electrons. The van der Waals surface area contributed by atoms with Crippen LogP contribution in [0.3, 0.4) is 0 Å². The van der Waals surface area contributed by atoms with Gasteiger partial charge >= 0.3 is 6.03 Å². The second-order valence-corrected chi connectivity index (χ2v) is 19.3. The van der Waals surface area contributed by atoms with Crippen molar-refractivity contribution in [1.82, 2.24) is 40.0 Å². The van der Waals surface area contributed by atoms with E-state index in [1.54, 1.807) is 54.2 Å². The standard InChI is InChI=1S/C48H48F3N11O5S/c1-57-38-23-29(6-9-32(38)42(56-57)61-19-13-39(63)54-47(61)67)35-12-18-59(25-48(35,50)51)44(65)28-10-16-58(17-11-28)31-7-4-27(5-8-31)30-21-33-34(36(49)22-30)24-62(45(33)66)41(43(64)55-46-52-14-20-68-46)40-37-3-2-15-60(37)26-53-40/h4-9,14,20-23,26,28,35,41-42,56H,2-3,10-13,15-19,24-25H2,1H3,(H,52,55,64)(H,54,63,67). The number of halogens is 3. The molecule has 2 aromatic heterocycles. The Morgan fingerprint density at radius 3 is 2.49 bits per heavy atom. The van der Waals surface area contributed by atoms with Crippen LogP contribution in [0.4, 0.5) is 34.5 Å². The lowest BCUT2D eigenvalue weighted by molar-refractivity contribution is -0.149. The van der Waals surface area contributed by atoms with Crippen molar-refractivity contribution in [3.63, 3.8) is 0 Å². The third-order valence-corrected chi connectivity index (χ3v) is 15.1. The number of aromatic nitrogens is 3. The monoisotopic (exact) mass is 947 g/mol. The predicted octanol–water partition coefficient (Wildman–Crippen LogP) is 6.19. The summed E-state index contributed by atoms with van der Waals surface area (Å²) < 4.78 is 50.0. The number of imide groups is 1. The summed E-state index contributed by atoms with van der Waals surface area (Å²) in [6.07, 6.45) is 5.59. The van der Waals surface area contributed by atoms with E-state index in [1.807, 2.05) is 28.8 Å². The zero-order valence-corrected chi connectivity index (χ0v) is 37.9. The van der Waals surface area contributed by atoms with Gasteiger partial charge in [0.05, 0.1) is 36.7 Å². The Kier molecular flexibility index (Phi) is 11.0. The number of carbonyl (C=O) groups is 5. The number of fused-ring (bicyclic) bond motifs is 3. The highest BCUT2D eigenvalue weighted by Gasteiger charge is 2.48. The van der Waals surface area contributed by atoms with Gasteiger partial charge in [0.25, 0.3) is 17.7 Å². The van der Waals surface area contributed by atoms with Gasteiger partial charge in [-0.15, -0.1) is 11.3 Å². The first-order chi connectivity index (χ1) is 32.8. The van der Waals surface area contributed by atoms with E-state index in [1.165, 1.54) is 32.1 Å². The number of likely N-dealkylation sites (tertiary alicyclic amines) is 1. The molecule has 5 aromatic rings. The Morgan fingerprint density at radius 1 is 0.926 bits per heavy atom. The van der Waals surface area contributed by atoms with Gasteiger partial charge in [-0.25, -0.2) is 33.4 Å². The van der Waals surface area contributed by atoms with Gasteiger partial charge in [-0.05, 0) is 79.1 Å². The third kappa shape index (κ3) is 7.72. The number of rotatable bonds is 9. The molecule has 3 N–H and O–H groups in total. The maximum Gasteiger partial charge on any atom is 0.325 e. The van der Waals surface area contributed by atoms with Gasteiger partial charge in [0, 0.05) is 91.8 Å². The Labute approximate surface area is 393 Å². The number of imidazole rings is 1. The van der Waals surface area contributed by atoms with Gasteiger partial charge in [0.15, 0.2) is 11.2 Å². The molecule has 3 saturated heterocycles. The van der Waals surface area contributed by atoms with Crippen LogP contribution in [-0.2, 0) is 33.9 Å². The fourth-order valence-electron chi connectivity index (χ4n) is 10.9. The van der Waals surface area contributed by atoms with E-state index >= 15 is 13.2 Å². The van der Waals surface area contributed by atoms with Crippen LogP contribution in [0.5, 0.6) is 0 Å². The Hall–Kier alpha value is -6.80. The summed E-state index contributed by atoms with van der Waals surface area (Å²) in [6.45, 7) is 1.54. The first kappa shape index (κ1) is 43.8. The molecule has 8 heterocycles. The number of carbonyl (C=O) groups excluding carboxylic acids is 5. The fourth-order valence-corrected chi connectivity index (χ4v) is 11.4. The van der Waals surface area contributed by atoms with Crippen LogP contribution in [0.1, 0.15) is 88.7 Å². The SMILES string of the molecule is CN1NC(N2CCC(=O)NC2=O)c2ccc(C3CCN(C(=O)C4CCN(c5ccc(-c6cc(F)c7c(c6)C(=O)N(C(C(=O)Nc6nccs6)c6ncn8c6CCC8)C7)cc5)CC4)CC3(F)F)cc21. The van der Waals surface area contributed by atoms with Gasteiger partial charge in [0.2, 0.25) is 11.8 Å². The average Bonchev–Trinajstić information content (AvgIpc) is 4.19. The summed E-state index contributed by atoms with van der Waals surface area (Å²) >= 11 is 1.26. The van der Waals surface area contributed by atoms with Crippen molar-refractivity contribution in [3.05, 3.63) is 112 Å². The van der Waals surface area contributed by atoms with Gasteiger partial charge in [-0.3, -0.25) is 29.8 Å². The number of alkyl halides is 2. The van der Waals surface area contributed by atoms with Crippen molar-refractivity contribution in [2.75, 3.05) is 55.0 Å². The van der Waals surface area contributed by atoms with Crippen molar-refractivity contribution >= 4 is 57.5 Å². The topological polar surface area (TPSA) is 168 Å². The van der Waals surface area contributed by atoms with Gasteiger partial charge < -0.3 is 29.2 Å². The summed E-state index contributed by atoms with van der Waals surface area (Å²) in [6, 6.07) is 14.2. The van der Waals surface area contributed by atoms with E-state index in [0.717, 1.165) is 29.9 Å². The number of hydrazine groups is 1. The molecule has 6 amide bonds. The molecule has 6 aliphatic rings. The molecule has 16 nitrogen and oxygen atoms in total. The normalized spacial score (nSPS) is 21.8. The fraction of sp³-hybridized carbons (Fsp3) is 0.396. The van der Waals surface area contributed by atoms with Crippen LogP contribution in [0.15, 0.2) is 72.5 Å². The van der Waals surface area contributed by atoms with Crippen LogP contribution >= 0.6 is 11.3 Å². The third-order valence-electron chi connectivity index (χ3n) is 14.4. The van der Waals surface area contributed by atoms with E-state index in [4.69, 9.17) is 0 Å². The smallest absolute Gasteiger partial charge is 0.325 e. The zero-order chi connectivity index (χ0) is 47.0. The number of piperidine rings is 2.